The van der Waals surface area contributed by atoms with Crippen molar-refractivity contribution in [2.75, 3.05) is 50.4 Å². The number of carboxylic acids is 2. The van der Waals surface area contributed by atoms with Gasteiger partial charge in [0.05, 0.1) is 40.0 Å². The number of aliphatic hydroxyl groups excluding tert-OH is 1. The molecule has 26 heteroatoms. The van der Waals surface area contributed by atoms with Gasteiger partial charge in [-0.25, -0.2) is 28.6 Å². The van der Waals surface area contributed by atoms with Crippen molar-refractivity contribution < 1.29 is 76.6 Å². The molecule has 0 radical (unpaired) electrons. The van der Waals surface area contributed by atoms with Crippen molar-refractivity contribution in [2.45, 2.75) is 129 Å². The number of ether oxygens (including phenoxy) is 4. The van der Waals surface area contributed by atoms with Gasteiger partial charge in [0.2, 0.25) is 18.6 Å². The standard InChI is InChI=1S/C71H80N8O16S2/c1-5-11-59(83)79(42-80)33-58(82)73-23-9-8-12-44-17-18-47(55(28-44)94-60-31-48(81)30-56(95-60)63(85)86)34-92-66(89)78(25-27-97(90)91)24-26-93-70-37-68(4)35-67(3)36-69(38-70,39-71(67,68)40-70)41-74-43(2)52(32-72)49-21-22-53(75-61(49)64(87)88)46-20-19-45-13-10-14-50(51(45)29-46)62(84)77-65-76-54-15-6-7-16-57(54)96-65/h5-7,10-11,13-22,28-29,32,42,48,56,60,72,74,81H,8-9,12,23-27,30-31,33-41H2,1-4H3,(H,73,82)(H,85,86)(H,87,88)(H,90,91)(H,76,77,84)/b11-5-,52-43+,72-32?. The summed E-state index contributed by atoms with van der Waals surface area (Å²) in [7, 11) is 0. The van der Waals surface area contributed by atoms with Crippen LogP contribution in [0.2, 0.25) is 0 Å². The van der Waals surface area contributed by atoms with Gasteiger partial charge in [0.1, 0.15) is 18.9 Å². The molecule has 97 heavy (non-hydrogen) atoms. The van der Waals surface area contributed by atoms with Crippen molar-refractivity contribution >= 4 is 102 Å². The highest BCUT2D eigenvalue weighted by Gasteiger charge is 2.84. The maximum absolute atomic E-state index is 14.2. The summed E-state index contributed by atoms with van der Waals surface area (Å²) >= 11 is -0.887. The number of carbonyl (C=O) groups excluding carboxylic acids is 5. The summed E-state index contributed by atoms with van der Waals surface area (Å²) in [5.41, 5.74) is 3.41. The largest absolute Gasteiger partial charge is 0.479 e. The molecule has 4 aromatic carbocycles. The van der Waals surface area contributed by atoms with Crippen molar-refractivity contribution in [3.8, 4) is 17.0 Å². The quantitative estimate of drug-likeness (QED) is 0.00683. The Balaban J connectivity index is 0.754. The van der Waals surface area contributed by atoms with Crippen molar-refractivity contribution in [2.24, 2.45) is 21.7 Å². The Kier molecular flexibility index (Phi) is 20.6. The summed E-state index contributed by atoms with van der Waals surface area (Å²) in [5.74, 6) is -4.07. The highest BCUT2D eigenvalue weighted by Crippen LogP contribution is 2.89. The summed E-state index contributed by atoms with van der Waals surface area (Å²) in [6, 6.07) is 27.1. The smallest absolute Gasteiger partial charge is 0.410 e. The minimum absolute atomic E-state index is 0.0175. The number of aromatic nitrogens is 2. The molecule has 24 nitrogen and oxygen atoms in total. The molecule has 1 aliphatic heterocycles. The van der Waals surface area contributed by atoms with Gasteiger partial charge < -0.3 is 59.8 Å². The zero-order chi connectivity index (χ0) is 69.0. The molecule has 9 atom stereocenters. The number of nitrogens with zero attached hydrogens (tertiary/aromatic N) is 4. The number of aryl methyl sites for hydroxylation is 1. The number of fused-ring (bicyclic) bond motifs is 4. The number of pyridine rings is 1. The number of anilines is 1. The molecule has 2 aromatic heterocycles. The fourth-order valence-electron chi connectivity index (χ4n) is 16.5. The number of aromatic carboxylic acids is 1. The minimum Gasteiger partial charge on any atom is -0.479 e. The lowest BCUT2D eigenvalue weighted by Gasteiger charge is -2.64. The predicted octanol–water partition coefficient (Wildman–Crippen LogP) is 9.76. The second-order valence-corrected chi connectivity index (χ2v) is 29.0. The lowest BCUT2D eigenvalue weighted by molar-refractivity contribution is -0.195. The Morgan fingerprint density at radius 1 is 0.876 bits per heavy atom. The zero-order valence-electron chi connectivity index (χ0n) is 54.4. The van der Waals surface area contributed by atoms with E-state index >= 15 is 0 Å². The summed E-state index contributed by atoms with van der Waals surface area (Å²) in [6.07, 6.45) is 6.35. The number of aliphatic hydroxyl groups is 1. The van der Waals surface area contributed by atoms with E-state index in [0.717, 1.165) is 64.4 Å². The van der Waals surface area contributed by atoms with Crippen LogP contribution >= 0.6 is 11.3 Å². The Bertz CT molecular complexity index is 4150. The number of hydrogen-bond donors (Lipinski definition) is 8. The maximum atomic E-state index is 14.2. The molecule has 1 spiro atoms. The van der Waals surface area contributed by atoms with E-state index in [0.29, 0.717) is 82.8 Å². The normalized spacial score (nSPS) is 24.9. The Hall–Kier alpha value is -8.79. The number of nitrogens with one attached hydrogen (secondary N) is 4. The molecule has 5 aliphatic rings. The van der Waals surface area contributed by atoms with Gasteiger partial charge >= 0.3 is 18.0 Å². The van der Waals surface area contributed by atoms with E-state index in [1.54, 1.807) is 49.4 Å². The fourth-order valence-corrected chi connectivity index (χ4v) is 17.7. The summed E-state index contributed by atoms with van der Waals surface area (Å²) < 4.78 is 47.9. The molecular weight excluding hydrogens is 1280 g/mol. The third-order valence-corrected chi connectivity index (χ3v) is 21.7. The van der Waals surface area contributed by atoms with Crippen LogP contribution in [0, 0.1) is 27.1 Å². The van der Waals surface area contributed by atoms with E-state index in [4.69, 9.17) is 24.4 Å². The first-order chi connectivity index (χ1) is 46.4. The molecule has 4 aliphatic carbocycles. The number of carbonyl (C=O) groups is 7. The summed E-state index contributed by atoms with van der Waals surface area (Å²) in [4.78, 5) is 100. The maximum Gasteiger partial charge on any atom is 0.410 e. The topological polar surface area (TPSA) is 347 Å². The van der Waals surface area contributed by atoms with Crippen LogP contribution in [-0.2, 0) is 57.5 Å². The van der Waals surface area contributed by atoms with E-state index in [1.165, 1.54) is 28.4 Å². The van der Waals surface area contributed by atoms with Gasteiger partial charge in [-0.3, -0.25) is 29.4 Å². The SMILES string of the molecule is C/C=C\C(=O)N(C=O)CC(=O)NCCCCc1ccc(COC(=O)N(CCOC23CC4(CN/C(C)=C(\C=N)c5ccc(-c6ccc7cccc(C(=O)Nc8nc9ccccc9s8)c7c6)nc5C(=O)O)CC5(C)CC(C)(C2)C5(C4)C3)CCS(=O)O)c(OC2CC(O)CC(C(=O)O)O2)c1. The highest BCUT2D eigenvalue weighted by molar-refractivity contribution is 7.79. The number of rotatable bonds is 30. The molecule has 9 unspecified atom stereocenters. The molecule has 5 amide bonds. The fraction of sp³-hybridized carbons (Fsp3) is 0.437. The van der Waals surface area contributed by atoms with Crippen LogP contribution in [0.1, 0.15) is 129 Å². The first-order valence-corrected chi connectivity index (χ1v) is 34.5. The second kappa shape index (κ2) is 28.7. The van der Waals surface area contributed by atoms with Gasteiger partial charge in [0.15, 0.2) is 28.0 Å². The lowest BCUT2D eigenvalue weighted by Crippen LogP contribution is -2.57. The highest BCUT2D eigenvalue weighted by atomic mass is 32.2. The zero-order valence-corrected chi connectivity index (χ0v) is 56.1. The third-order valence-electron chi connectivity index (χ3n) is 20.3. The van der Waals surface area contributed by atoms with E-state index in [2.05, 4.69) is 39.8 Å². The molecule has 3 bridgehead atoms. The van der Waals surface area contributed by atoms with Gasteiger partial charge in [-0.05, 0) is 158 Å². The number of thiazole rings is 1. The minimum atomic E-state index is -2.26. The number of unbranched alkanes of at least 4 members (excludes halogenated alkanes) is 1. The number of benzene rings is 4. The number of imide groups is 1. The van der Waals surface area contributed by atoms with E-state index in [9.17, 15) is 57.6 Å². The number of aliphatic carboxylic acids is 1. The Labute approximate surface area is 567 Å². The average molecular weight is 1370 g/mol. The molecule has 5 fully saturated rings. The van der Waals surface area contributed by atoms with Crippen LogP contribution in [0.3, 0.4) is 0 Å². The molecule has 1 saturated heterocycles. The van der Waals surface area contributed by atoms with E-state index in [-0.39, 0.29) is 96.0 Å². The Morgan fingerprint density at radius 2 is 1.68 bits per heavy atom. The Morgan fingerprint density at radius 3 is 2.43 bits per heavy atom. The molecule has 512 valence electrons. The molecule has 3 heterocycles. The number of allylic oxidation sites excluding steroid dienone is 3. The van der Waals surface area contributed by atoms with Gasteiger partial charge in [-0.15, -0.1) is 0 Å². The van der Waals surface area contributed by atoms with Crippen molar-refractivity contribution in [1.29, 1.82) is 5.41 Å². The van der Waals surface area contributed by atoms with Crippen molar-refractivity contribution in [3.05, 3.63) is 137 Å². The second-order valence-electron chi connectivity index (χ2n) is 26.9. The molecular formula is C71H80N8O16S2. The van der Waals surface area contributed by atoms with Crippen molar-refractivity contribution in [1.82, 2.24) is 30.4 Å². The summed E-state index contributed by atoms with van der Waals surface area (Å²) in [6.45, 7) is 8.16. The first-order valence-electron chi connectivity index (χ1n) is 32.4. The number of para-hydroxylation sites is 1. The van der Waals surface area contributed by atoms with Crippen LogP contribution in [0.15, 0.2) is 109 Å². The molecule has 8 N–H and O–H groups in total. The van der Waals surface area contributed by atoms with E-state index in [1.807, 2.05) is 55.5 Å². The van der Waals surface area contributed by atoms with Crippen molar-refractivity contribution in [3.63, 3.8) is 0 Å². The summed E-state index contributed by atoms with van der Waals surface area (Å²) in [5, 5.41) is 50.9. The number of amides is 5. The van der Waals surface area contributed by atoms with Crippen LogP contribution in [0.4, 0.5) is 9.93 Å². The van der Waals surface area contributed by atoms with E-state index < -0.39 is 71.6 Å². The van der Waals surface area contributed by atoms with Gasteiger partial charge in [-0.2, -0.15) is 0 Å². The molecule has 6 aromatic rings. The number of carboxylic acid groups (broad SMARTS) is 2. The van der Waals surface area contributed by atoms with Gasteiger partial charge in [-0.1, -0.05) is 79.8 Å². The molecule has 4 saturated carbocycles. The van der Waals surface area contributed by atoms with Crippen LogP contribution in [0.5, 0.6) is 5.75 Å². The monoisotopic (exact) mass is 1360 g/mol. The van der Waals surface area contributed by atoms with Gasteiger partial charge in [0.25, 0.3) is 11.8 Å². The van der Waals surface area contributed by atoms with Crippen LogP contribution < -0.4 is 20.7 Å². The first kappa shape index (κ1) is 69.6. The molecule has 11 rings (SSSR count). The van der Waals surface area contributed by atoms with Crippen LogP contribution in [-0.4, -0.2) is 161 Å². The van der Waals surface area contributed by atoms with Gasteiger partial charge in [0, 0.05) is 78.8 Å². The third kappa shape index (κ3) is 14.7. The predicted molar refractivity (Wildman–Crippen MR) is 363 cm³/mol. The van der Waals surface area contributed by atoms with Crippen LogP contribution in [0.25, 0.3) is 37.8 Å². The number of hydrogen-bond acceptors (Lipinski definition) is 18. The lowest BCUT2D eigenvalue weighted by atomic mass is 9.40. The average Bonchev–Trinajstić information content (AvgIpc) is 1.46.